The number of hydrogen-bond acceptors (Lipinski definition) is 5. The van der Waals surface area contributed by atoms with Crippen LogP contribution in [-0.4, -0.2) is 8.32 Å². The molecule has 0 saturated heterocycles. The normalized spacial score (nSPS) is 11.1. The Hall–Kier alpha value is 2.07. The molecule has 0 aromatic heterocycles. The summed E-state index contributed by atoms with van der Waals surface area (Å²) in [4.78, 5) is 0. The van der Waals surface area contributed by atoms with Gasteiger partial charge in [-0.3, -0.25) is 0 Å². The first-order chi connectivity index (χ1) is 3.71. The number of halogens is 1. The van der Waals surface area contributed by atoms with Crippen molar-refractivity contribution in [3.8, 4) is 0 Å². The molecular formula is H2ClCr2KO7. The molecule has 0 aromatic rings. The van der Waals surface area contributed by atoms with Crippen LogP contribution in [0.3, 0.4) is 0 Å². The van der Waals surface area contributed by atoms with Crippen molar-refractivity contribution in [1.29, 1.82) is 0 Å². The van der Waals surface area contributed by atoms with Crippen molar-refractivity contribution in [1.82, 2.24) is 0 Å². The van der Waals surface area contributed by atoms with E-state index in [-0.39, 0.29) is 63.8 Å². The number of rotatable bonds is 2. The van der Waals surface area contributed by atoms with Crippen LogP contribution in [0.25, 0.3) is 0 Å². The fourth-order valence-corrected chi connectivity index (χ4v) is 1.85. The van der Waals surface area contributed by atoms with E-state index in [1.807, 2.05) is 0 Å². The molecule has 0 aliphatic heterocycles. The van der Waals surface area contributed by atoms with Gasteiger partial charge in [-0.15, -0.1) is 0 Å². The van der Waals surface area contributed by atoms with Crippen LogP contribution in [0.5, 0.6) is 0 Å². The van der Waals surface area contributed by atoms with Gasteiger partial charge in [0.2, 0.25) is 0 Å². The Bertz CT molecular complexity index is 242. The van der Waals surface area contributed by atoms with Crippen molar-refractivity contribution >= 4 is 0 Å². The first-order valence-electron chi connectivity index (χ1n) is 1.37. The van der Waals surface area contributed by atoms with Crippen molar-refractivity contribution < 1.29 is 117 Å². The first-order valence-corrected chi connectivity index (χ1v) is 5.63. The predicted molar refractivity (Wildman–Crippen MR) is 8.27 cm³/mol. The molecule has 0 atom stereocenters. The fourth-order valence-electron chi connectivity index (χ4n) is 0.109. The van der Waals surface area contributed by atoms with Gasteiger partial charge in [-0.25, -0.2) is 0 Å². The zero-order valence-electron chi connectivity index (χ0n) is 5.13. The monoisotopic (exact) mass is 292 g/mol. The standard InChI is InChI=1S/ClH.2Cr.K.2H2O.5O/h1H;;;;2*1H2;;;;;/q;3*+1;;;;;;;/p-3. The van der Waals surface area contributed by atoms with E-state index in [1.165, 1.54) is 0 Å². The third-order valence-electron chi connectivity index (χ3n) is 0.172. The SMILES string of the molecule is [Cl-].[K+].[O]=[Cr](=[O])([OH])[O][Cr](=[O])(=[O])[OH]. The summed E-state index contributed by atoms with van der Waals surface area (Å²) >= 11 is -11.5. The molecule has 0 aliphatic carbocycles. The van der Waals surface area contributed by atoms with Crippen LogP contribution in [0.2, 0.25) is 0 Å². The molecule has 0 amide bonds. The minimum absolute atomic E-state index is 0. The Morgan fingerprint density at radius 3 is 1.09 bits per heavy atom. The van der Waals surface area contributed by atoms with Gasteiger partial charge in [0.15, 0.2) is 0 Å². The Kier molecular flexibility index (Phi) is 11.1. The second-order valence-corrected chi connectivity index (χ2v) is 4.68. The predicted octanol–water partition coefficient (Wildman–Crippen LogP) is -7.65. The average Bonchev–Trinajstić information content (AvgIpc) is 1.14. The van der Waals surface area contributed by atoms with Gasteiger partial charge in [0.1, 0.15) is 0 Å². The van der Waals surface area contributed by atoms with Gasteiger partial charge < -0.3 is 12.4 Å². The molecule has 0 spiro atoms. The van der Waals surface area contributed by atoms with E-state index in [0.717, 1.165) is 0 Å². The van der Waals surface area contributed by atoms with Gasteiger partial charge >= 0.3 is 105 Å². The van der Waals surface area contributed by atoms with E-state index in [4.69, 9.17) is 8.32 Å². The summed E-state index contributed by atoms with van der Waals surface area (Å²) in [5.74, 6) is 0. The van der Waals surface area contributed by atoms with E-state index >= 15 is 0 Å². The van der Waals surface area contributed by atoms with Gasteiger partial charge in [0.05, 0.1) is 0 Å². The quantitative estimate of drug-likeness (QED) is 0.485. The minimum atomic E-state index is -5.76. The van der Waals surface area contributed by atoms with Crippen LogP contribution >= 0.6 is 0 Å². The molecule has 7 nitrogen and oxygen atoms in total. The molecule has 0 rings (SSSR count). The summed E-state index contributed by atoms with van der Waals surface area (Å²) in [5, 5.41) is 0. The average molecular weight is 293 g/mol. The summed E-state index contributed by atoms with van der Waals surface area (Å²) in [6.45, 7) is 0. The maximum atomic E-state index is 9.53. The molecule has 64 valence electrons. The third-order valence-corrected chi connectivity index (χ3v) is 2.92. The van der Waals surface area contributed by atoms with E-state index in [1.54, 1.807) is 0 Å². The first kappa shape index (κ1) is 18.8. The molecule has 0 bridgehead atoms. The maximum absolute atomic E-state index is 9.53. The van der Waals surface area contributed by atoms with Crippen LogP contribution < -0.4 is 63.8 Å². The molecule has 0 radical (unpaired) electrons. The van der Waals surface area contributed by atoms with Crippen molar-refractivity contribution in [3.05, 3.63) is 0 Å². The molecule has 2 N–H and O–H groups in total. The molecule has 0 heterocycles. The molecule has 0 aliphatic rings. The Morgan fingerprint density at radius 1 is 0.909 bits per heavy atom. The van der Waals surface area contributed by atoms with Crippen LogP contribution in [0.4, 0.5) is 0 Å². The van der Waals surface area contributed by atoms with E-state index in [0.29, 0.717) is 0 Å². The van der Waals surface area contributed by atoms with Crippen LogP contribution in [0.1, 0.15) is 0 Å². The molecule has 0 fully saturated rings. The van der Waals surface area contributed by atoms with Gasteiger partial charge in [0.25, 0.3) is 0 Å². The van der Waals surface area contributed by atoms with E-state index < -0.39 is 27.2 Å². The van der Waals surface area contributed by atoms with E-state index in [9.17, 15) is 15.2 Å². The summed E-state index contributed by atoms with van der Waals surface area (Å²) < 4.78 is 56.3. The second-order valence-electron chi connectivity index (χ2n) is 0.924. The molecule has 11 heteroatoms. The third kappa shape index (κ3) is 18.8. The molecular weight excluding hydrogens is 291 g/mol. The number of hydrogen-bond donors (Lipinski definition) is 2. The van der Waals surface area contributed by atoms with Gasteiger partial charge in [-0.05, 0) is 0 Å². The van der Waals surface area contributed by atoms with Crippen LogP contribution in [0.15, 0.2) is 0 Å². The van der Waals surface area contributed by atoms with Gasteiger partial charge in [0, 0.05) is 0 Å². The van der Waals surface area contributed by atoms with Crippen molar-refractivity contribution in [3.63, 3.8) is 0 Å². The molecule has 0 aromatic carbocycles. The fraction of sp³-hybridized carbons (Fsp3) is 0. The van der Waals surface area contributed by atoms with Crippen LogP contribution in [-0.2, 0) is 45.3 Å². The van der Waals surface area contributed by atoms with Crippen molar-refractivity contribution in [2.45, 2.75) is 0 Å². The summed E-state index contributed by atoms with van der Waals surface area (Å²) in [6, 6.07) is 0. The molecule has 0 saturated carbocycles. The zero-order chi connectivity index (χ0) is 7.71. The van der Waals surface area contributed by atoms with Crippen LogP contribution in [0, 0.1) is 0 Å². The Balaban J connectivity index is -0.000000320. The van der Waals surface area contributed by atoms with Gasteiger partial charge in [-0.2, -0.15) is 0 Å². The Labute approximate surface area is 115 Å². The van der Waals surface area contributed by atoms with Crippen molar-refractivity contribution in [2.75, 3.05) is 0 Å². The molecule has 11 heavy (non-hydrogen) atoms. The van der Waals surface area contributed by atoms with Gasteiger partial charge in [-0.1, -0.05) is 0 Å². The summed E-state index contributed by atoms with van der Waals surface area (Å²) in [6.07, 6.45) is 0. The molecule has 0 unspecified atom stereocenters. The summed E-state index contributed by atoms with van der Waals surface area (Å²) in [5.41, 5.74) is 0. The summed E-state index contributed by atoms with van der Waals surface area (Å²) in [7, 11) is 0. The topological polar surface area (TPSA) is 118 Å². The zero-order valence-corrected chi connectivity index (χ0v) is 11.6. The van der Waals surface area contributed by atoms with E-state index in [2.05, 4.69) is 2.84 Å². The van der Waals surface area contributed by atoms with Crippen molar-refractivity contribution in [2.24, 2.45) is 0 Å². The second kappa shape index (κ2) is 6.51. The Morgan fingerprint density at radius 2 is 1.09 bits per heavy atom.